The van der Waals surface area contributed by atoms with Gasteiger partial charge in [-0.15, -0.1) is 0 Å². The molecule has 4 heteroatoms. The standard InChI is InChI=1S/C17H24BrNO2/c18-12-6-2-5-9-16(20)21-17(10-13-19-14-11-17)15-7-3-1-4-8-15/h1,3-4,7-8,19H,2,5-6,9-14H2. The number of ether oxygens (including phenoxy) is 1. The number of unbranched alkanes of at least 4 members (excludes halogenated alkanes) is 2. The minimum absolute atomic E-state index is 0.0599. The van der Waals surface area contributed by atoms with Crippen LogP contribution in [0.4, 0.5) is 0 Å². The van der Waals surface area contributed by atoms with Gasteiger partial charge in [-0.1, -0.05) is 52.7 Å². The number of alkyl halides is 1. The zero-order valence-corrected chi connectivity index (χ0v) is 14.0. The van der Waals surface area contributed by atoms with E-state index in [1.54, 1.807) is 0 Å². The van der Waals surface area contributed by atoms with Gasteiger partial charge >= 0.3 is 5.97 Å². The highest BCUT2D eigenvalue weighted by atomic mass is 79.9. The third-order valence-corrected chi connectivity index (χ3v) is 4.60. The minimum atomic E-state index is -0.432. The van der Waals surface area contributed by atoms with Crippen LogP contribution >= 0.6 is 15.9 Å². The lowest BCUT2D eigenvalue weighted by atomic mass is 9.84. The molecule has 21 heavy (non-hydrogen) atoms. The summed E-state index contributed by atoms with van der Waals surface area (Å²) in [5.41, 5.74) is 0.694. The number of esters is 1. The zero-order valence-electron chi connectivity index (χ0n) is 12.4. The molecule has 1 saturated heterocycles. The quantitative estimate of drug-likeness (QED) is 0.460. The molecule has 0 radical (unpaired) electrons. The lowest BCUT2D eigenvalue weighted by Gasteiger charge is -2.37. The summed E-state index contributed by atoms with van der Waals surface area (Å²) in [5.74, 6) is -0.0599. The maximum absolute atomic E-state index is 12.2. The van der Waals surface area contributed by atoms with E-state index in [1.807, 2.05) is 18.2 Å². The van der Waals surface area contributed by atoms with E-state index in [0.717, 1.165) is 56.1 Å². The first-order valence-corrected chi connectivity index (χ1v) is 8.93. The summed E-state index contributed by atoms with van der Waals surface area (Å²) in [5, 5.41) is 4.35. The van der Waals surface area contributed by atoms with Crippen molar-refractivity contribution in [3.8, 4) is 0 Å². The summed E-state index contributed by atoms with van der Waals surface area (Å²) in [4.78, 5) is 12.2. The van der Waals surface area contributed by atoms with E-state index in [9.17, 15) is 4.79 Å². The Hall–Kier alpha value is -0.870. The second kappa shape index (κ2) is 8.54. The Morgan fingerprint density at radius 2 is 1.86 bits per heavy atom. The van der Waals surface area contributed by atoms with Gasteiger partial charge in [0.2, 0.25) is 0 Å². The van der Waals surface area contributed by atoms with E-state index >= 15 is 0 Å². The molecule has 0 bridgehead atoms. The molecule has 1 fully saturated rings. The number of rotatable bonds is 7. The van der Waals surface area contributed by atoms with Gasteiger partial charge in [0.05, 0.1) is 0 Å². The van der Waals surface area contributed by atoms with Gasteiger partial charge in [0.1, 0.15) is 5.60 Å². The summed E-state index contributed by atoms with van der Waals surface area (Å²) in [7, 11) is 0. The first-order chi connectivity index (χ1) is 10.3. The van der Waals surface area contributed by atoms with Gasteiger partial charge in [-0.25, -0.2) is 0 Å². The Balaban J connectivity index is 1.98. The molecule has 0 unspecified atom stereocenters. The van der Waals surface area contributed by atoms with Gasteiger partial charge in [-0.2, -0.15) is 0 Å². The van der Waals surface area contributed by atoms with Crippen LogP contribution in [0.5, 0.6) is 0 Å². The van der Waals surface area contributed by atoms with Crippen LogP contribution in [-0.2, 0) is 15.1 Å². The highest BCUT2D eigenvalue weighted by Gasteiger charge is 2.37. The Morgan fingerprint density at radius 1 is 1.14 bits per heavy atom. The van der Waals surface area contributed by atoms with E-state index in [0.29, 0.717) is 6.42 Å². The number of nitrogens with one attached hydrogen (secondary N) is 1. The molecule has 0 spiro atoms. The van der Waals surface area contributed by atoms with Gasteiger partial charge in [-0.3, -0.25) is 4.79 Å². The van der Waals surface area contributed by atoms with E-state index < -0.39 is 5.60 Å². The highest BCUT2D eigenvalue weighted by molar-refractivity contribution is 9.09. The molecular formula is C17H24BrNO2. The summed E-state index contributed by atoms with van der Waals surface area (Å²) in [6, 6.07) is 10.2. The second-order valence-corrected chi connectivity index (χ2v) is 6.38. The van der Waals surface area contributed by atoms with Crippen molar-refractivity contribution in [3.63, 3.8) is 0 Å². The molecule has 1 N–H and O–H groups in total. The van der Waals surface area contributed by atoms with Crippen LogP contribution in [0.15, 0.2) is 30.3 Å². The molecule has 0 aromatic heterocycles. The summed E-state index contributed by atoms with van der Waals surface area (Å²) < 4.78 is 5.95. The number of hydrogen-bond donors (Lipinski definition) is 1. The van der Waals surface area contributed by atoms with Crippen molar-refractivity contribution in [1.82, 2.24) is 5.32 Å². The fourth-order valence-corrected chi connectivity index (χ4v) is 3.23. The van der Waals surface area contributed by atoms with Crippen molar-refractivity contribution in [3.05, 3.63) is 35.9 Å². The number of hydrogen-bond acceptors (Lipinski definition) is 3. The second-order valence-electron chi connectivity index (χ2n) is 5.58. The van der Waals surface area contributed by atoms with Crippen molar-refractivity contribution < 1.29 is 9.53 Å². The maximum Gasteiger partial charge on any atom is 0.306 e. The fourth-order valence-electron chi connectivity index (χ4n) is 2.83. The molecule has 2 rings (SSSR count). The van der Waals surface area contributed by atoms with Gasteiger partial charge in [0, 0.05) is 24.6 Å². The predicted octanol–water partition coefficient (Wildman–Crippen LogP) is 3.76. The van der Waals surface area contributed by atoms with E-state index in [4.69, 9.17) is 4.74 Å². The lowest BCUT2D eigenvalue weighted by Crippen LogP contribution is -2.43. The lowest BCUT2D eigenvalue weighted by molar-refractivity contribution is -0.164. The summed E-state index contributed by atoms with van der Waals surface area (Å²) >= 11 is 3.41. The fraction of sp³-hybridized carbons (Fsp3) is 0.588. The van der Waals surface area contributed by atoms with E-state index in [2.05, 4.69) is 33.4 Å². The Labute approximate surface area is 135 Å². The van der Waals surface area contributed by atoms with Crippen molar-refractivity contribution in [2.75, 3.05) is 18.4 Å². The van der Waals surface area contributed by atoms with Crippen LogP contribution < -0.4 is 5.32 Å². The molecule has 0 amide bonds. The molecule has 1 heterocycles. The average molecular weight is 354 g/mol. The van der Waals surface area contributed by atoms with E-state index in [1.165, 1.54) is 0 Å². The number of piperidine rings is 1. The van der Waals surface area contributed by atoms with Crippen molar-refractivity contribution in [2.24, 2.45) is 0 Å². The molecule has 1 aliphatic heterocycles. The third kappa shape index (κ3) is 4.82. The number of carbonyl (C=O) groups is 1. The smallest absolute Gasteiger partial charge is 0.306 e. The van der Waals surface area contributed by atoms with Crippen LogP contribution in [0.2, 0.25) is 0 Å². The Bertz CT molecular complexity index is 430. The molecule has 3 nitrogen and oxygen atoms in total. The normalized spacial score (nSPS) is 17.4. The van der Waals surface area contributed by atoms with Gasteiger partial charge in [-0.05, 0) is 31.5 Å². The molecule has 0 saturated carbocycles. The zero-order chi connectivity index (χ0) is 15.0. The number of carbonyl (C=O) groups excluding carboxylic acids is 1. The third-order valence-electron chi connectivity index (χ3n) is 4.03. The Kier molecular flexibility index (Phi) is 6.71. The predicted molar refractivity (Wildman–Crippen MR) is 88.6 cm³/mol. The van der Waals surface area contributed by atoms with Crippen molar-refractivity contribution in [1.29, 1.82) is 0 Å². The molecule has 1 aliphatic rings. The van der Waals surface area contributed by atoms with Gasteiger partial charge < -0.3 is 10.1 Å². The largest absolute Gasteiger partial charge is 0.454 e. The van der Waals surface area contributed by atoms with Crippen LogP contribution in [0.25, 0.3) is 0 Å². The van der Waals surface area contributed by atoms with Crippen LogP contribution in [0.1, 0.15) is 44.1 Å². The number of halogens is 1. The van der Waals surface area contributed by atoms with Gasteiger partial charge in [0.15, 0.2) is 0 Å². The van der Waals surface area contributed by atoms with Crippen LogP contribution in [0.3, 0.4) is 0 Å². The topological polar surface area (TPSA) is 38.3 Å². The Morgan fingerprint density at radius 3 is 2.52 bits per heavy atom. The summed E-state index contributed by atoms with van der Waals surface area (Å²) in [6.07, 6.45) is 5.32. The first kappa shape index (κ1) is 16.5. The molecule has 1 aromatic carbocycles. The molecule has 0 aliphatic carbocycles. The monoisotopic (exact) mass is 353 g/mol. The van der Waals surface area contributed by atoms with Gasteiger partial charge in [0.25, 0.3) is 0 Å². The molecule has 1 aromatic rings. The van der Waals surface area contributed by atoms with Crippen molar-refractivity contribution >= 4 is 21.9 Å². The van der Waals surface area contributed by atoms with E-state index in [-0.39, 0.29) is 5.97 Å². The molecular weight excluding hydrogens is 330 g/mol. The molecule has 116 valence electrons. The molecule has 0 atom stereocenters. The van der Waals surface area contributed by atoms with Crippen LogP contribution in [0, 0.1) is 0 Å². The average Bonchev–Trinajstić information content (AvgIpc) is 2.53. The van der Waals surface area contributed by atoms with Crippen LogP contribution in [-0.4, -0.2) is 24.4 Å². The maximum atomic E-state index is 12.2. The summed E-state index contributed by atoms with van der Waals surface area (Å²) in [6.45, 7) is 1.79. The minimum Gasteiger partial charge on any atom is -0.454 e. The first-order valence-electron chi connectivity index (χ1n) is 7.81. The SMILES string of the molecule is O=C(CCCCCBr)OC1(c2ccccc2)CCNCC1. The van der Waals surface area contributed by atoms with Crippen molar-refractivity contribution in [2.45, 2.75) is 44.1 Å². The number of benzene rings is 1. The highest BCUT2D eigenvalue weighted by Crippen LogP contribution is 2.35.